The third kappa shape index (κ3) is 3.37. The topological polar surface area (TPSA) is 87.6 Å². The molecule has 4 rings (SSSR count). The fourth-order valence-corrected chi connectivity index (χ4v) is 6.42. The molecule has 2 aliphatic heterocycles. The predicted molar refractivity (Wildman–Crippen MR) is 91.8 cm³/mol. The molecule has 2 atom stereocenters. The Hall–Kier alpha value is -1.54. The molecule has 1 aromatic carbocycles. The van der Waals surface area contributed by atoms with E-state index in [0.717, 1.165) is 23.7 Å². The Morgan fingerprint density at radius 1 is 1.17 bits per heavy atom. The summed E-state index contributed by atoms with van der Waals surface area (Å²) >= 11 is 1.49. The molecule has 1 aromatic rings. The summed E-state index contributed by atoms with van der Waals surface area (Å²) < 4.78 is 23.1. The Kier molecular flexibility index (Phi) is 3.60. The highest BCUT2D eigenvalue weighted by Gasteiger charge is 2.42. The maximum absolute atomic E-state index is 11.9. The standard InChI is InChI=1S/C15H17N3O3S2/c19-14(16-10-5-6-10)9-1-3-11(4-2-9)17-15-18-12-7-23(20,21)8-13(12)22-15/h1-4,10,12-13H,5-8H2,(H,16,19)(H,17,18). The third-order valence-corrected chi connectivity index (χ3v) is 7.27. The van der Waals surface area contributed by atoms with Crippen molar-refractivity contribution in [2.24, 2.45) is 4.99 Å². The first kappa shape index (κ1) is 15.0. The first-order valence-electron chi connectivity index (χ1n) is 7.61. The van der Waals surface area contributed by atoms with E-state index < -0.39 is 9.84 Å². The number of benzene rings is 1. The van der Waals surface area contributed by atoms with Crippen molar-refractivity contribution in [3.63, 3.8) is 0 Å². The zero-order valence-electron chi connectivity index (χ0n) is 12.4. The molecule has 122 valence electrons. The first-order chi connectivity index (χ1) is 11.0. The van der Waals surface area contributed by atoms with E-state index in [1.807, 2.05) is 12.1 Å². The van der Waals surface area contributed by atoms with Crippen LogP contribution in [-0.4, -0.2) is 48.3 Å². The maximum Gasteiger partial charge on any atom is 0.251 e. The number of sulfone groups is 1. The summed E-state index contributed by atoms with van der Waals surface area (Å²) in [6.45, 7) is 0. The second kappa shape index (κ2) is 5.52. The average Bonchev–Trinajstić information content (AvgIpc) is 3.15. The third-order valence-electron chi connectivity index (χ3n) is 4.13. The van der Waals surface area contributed by atoms with E-state index in [-0.39, 0.29) is 28.7 Å². The van der Waals surface area contributed by atoms with Crippen LogP contribution in [0.25, 0.3) is 0 Å². The van der Waals surface area contributed by atoms with Gasteiger partial charge in [-0.15, -0.1) is 0 Å². The number of rotatable bonds is 3. The van der Waals surface area contributed by atoms with Crippen LogP contribution in [-0.2, 0) is 9.84 Å². The zero-order chi connectivity index (χ0) is 16.0. The van der Waals surface area contributed by atoms with Gasteiger partial charge in [-0.1, -0.05) is 11.8 Å². The van der Waals surface area contributed by atoms with E-state index in [1.165, 1.54) is 11.8 Å². The highest BCUT2D eigenvalue weighted by molar-refractivity contribution is 8.15. The average molecular weight is 351 g/mol. The molecule has 23 heavy (non-hydrogen) atoms. The fourth-order valence-electron chi connectivity index (χ4n) is 2.74. The monoisotopic (exact) mass is 351 g/mol. The van der Waals surface area contributed by atoms with Gasteiger partial charge in [0.05, 0.1) is 17.5 Å². The lowest BCUT2D eigenvalue weighted by Gasteiger charge is -2.08. The Morgan fingerprint density at radius 2 is 1.91 bits per heavy atom. The molecule has 1 amide bonds. The van der Waals surface area contributed by atoms with Gasteiger partial charge in [0, 0.05) is 22.5 Å². The van der Waals surface area contributed by atoms with E-state index in [4.69, 9.17) is 0 Å². The molecule has 1 saturated carbocycles. The van der Waals surface area contributed by atoms with Crippen LogP contribution < -0.4 is 10.6 Å². The van der Waals surface area contributed by atoms with Crippen LogP contribution in [0.2, 0.25) is 0 Å². The number of amides is 1. The smallest absolute Gasteiger partial charge is 0.251 e. The summed E-state index contributed by atoms with van der Waals surface area (Å²) in [5, 5.41) is 6.94. The molecule has 6 nitrogen and oxygen atoms in total. The molecular formula is C15H17N3O3S2. The lowest BCUT2D eigenvalue weighted by Crippen LogP contribution is -2.25. The SMILES string of the molecule is O=C(NC1CC1)c1ccc(NC2=NC3CS(=O)(=O)CC3S2)cc1. The minimum Gasteiger partial charge on any atom is -0.349 e. The van der Waals surface area contributed by atoms with Crippen LogP contribution in [0.5, 0.6) is 0 Å². The van der Waals surface area contributed by atoms with Gasteiger partial charge in [0.15, 0.2) is 15.0 Å². The molecule has 1 aliphatic carbocycles. The molecular weight excluding hydrogens is 334 g/mol. The van der Waals surface area contributed by atoms with E-state index >= 15 is 0 Å². The predicted octanol–water partition coefficient (Wildman–Crippen LogP) is 1.26. The van der Waals surface area contributed by atoms with Gasteiger partial charge in [-0.2, -0.15) is 0 Å². The van der Waals surface area contributed by atoms with Gasteiger partial charge in [-0.05, 0) is 37.1 Å². The van der Waals surface area contributed by atoms with E-state index in [1.54, 1.807) is 12.1 Å². The lowest BCUT2D eigenvalue weighted by molar-refractivity contribution is 0.0951. The van der Waals surface area contributed by atoms with Crippen LogP contribution in [0.4, 0.5) is 5.69 Å². The van der Waals surface area contributed by atoms with Crippen LogP contribution in [0, 0.1) is 0 Å². The molecule has 1 saturated heterocycles. The van der Waals surface area contributed by atoms with Gasteiger partial charge < -0.3 is 10.6 Å². The highest BCUT2D eigenvalue weighted by atomic mass is 32.2. The Morgan fingerprint density at radius 3 is 2.57 bits per heavy atom. The number of fused-ring (bicyclic) bond motifs is 1. The number of hydrogen-bond donors (Lipinski definition) is 2. The van der Waals surface area contributed by atoms with Crippen LogP contribution >= 0.6 is 11.8 Å². The van der Waals surface area contributed by atoms with Crippen molar-refractivity contribution in [3.8, 4) is 0 Å². The van der Waals surface area contributed by atoms with Gasteiger partial charge in [-0.3, -0.25) is 9.79 Å². The fraction of sp³-hybridized carbons (Fsp3) is 0.467. The van der Waals surface area contributed by atoms with Crippen molar-refractivity contribution in [1.29, 1.82) is 0 Å². The van der Waals surface area contributed by atoms with Gasteiger partial charge in [0.2, 0.25) is 0 Å². The number of nitrogens with zero attached hydrogens (tertiary/aromatic N) is 1. The minimum absolute atomic E-state index is 0.0334. The molecule has 0 aromatic heterocycles. The van der Waals surface area contributed by atoms with Crippen molar-refractivity contribution in [1.82, 2.24) is 5.32 Å². The van der Waals surface area contributed by atoms with Crippen LogP contribution in [0.15, 0.2) is 29.3 Å². The summed E-state index contributed by atoms with van der Waals surface area (Å²) in [5.74, 6) is 0.319. The first-order valence-corrected chi connectivity index (χ1v) is 10.3. The van der Waals surface area contributed by atoms with Crippen molar-refractivity contribution < 1.29 is 13.2 Å². The summed E-state index contributed by atoms with van der Waals surface area (Å²) in [6, 6.07) is 7.47. The van der Waals surface area contributed by atoms with Gasteiger partial charge in [-0.25, -0.2) is 8.42 Å². The molecule has 3 aliphatic rings. The number of anilines is 1. The minimum atomic E-state index is -2.92. The lowest BCUT2D eigenvalue weighted by atomic mass is 10.2. The van der Waals surface area contributed by atoms with Crippen molar-refractivity contribution in [2.45, 2.75) is 30.2 Å². The summed E-state index contributed by atoms with van der Waals surface area (Å²) in [4.78, 5) is 16.4. The molecule has 2 fully saturated rings. The number of thioether (sulfide) groups is 1. The zero-order valence-corrected chi connectivity index (χ0v) is 14.0. The Bertz CT molecular complexity index is 770. The number of nitrogens with one attached hydrogen (secondary N) is 2. The largest absolute Gasteiger partial charge is 0.349 e. The molecule has 2 unspecified atom stereocenters. The Labute approximate surface area is 139 Å². The van der Waals surface area contributed by atoms with Crippen LogP contribution in [0.1, 0.15) is 23.2 Å². The van der Waals surface area contributed by atoms with E-state index in [2.05, 4.69) is 15.6 Å². The number of amidine groups is 1. The highest BCUT2D eigenvalue weighted by Crippen LogP contribution is 2.34. The molecule has 2 N–H and O–H groups in total. The molecule has 0 spiro atoms. The van der Waals surface area contributed by atoms with Crippen molar-refractivity contribution >= 4 is 38.4 Å². The summed E-state index contributed by atoms with van der Waals surface area (Å²) in [6.07, 6.45) is 2.14. The summed E-state index contributed by atoms with van der Waals surface area (Å²) in [7, 11) is -2.92. The van der Waals surface area contributed by atoms with Crippen molar-refractivity contribution in [2.75, 3.05) is 16.8 Å². The number of hydrogen-bond acceptors (Lipinski definition) is 6. The molecule has 0 radical (unpaired) electrons. The van der Waals surface area contributed by atoms with E-state index in [0.29, 0.717) is 11.6 Å². The quantitative estimate of drug-likeness (QED) is 0.856. The normalized spacial score (nSPS) is 28.1. The Balaban J connectivity index is 1.39. The second-order valence-corrected chi connectivity index (χ2v) is 9.57. The summed E-state index contributed by atoms with van der Waals surface area (Å²) in [5.41, 5.74) is 1.49. The van der Waals surface area contributed by atoms with Gasteiger partial charge in [0.1, 0.15) is 0 Å². The second-order valence-electron chi connectivity index (χ2n) is 6.18. The van der Waals surface area contributed by atoms with E-state index in [9.17, 15) is 13.2 Å². The molecule has 0 bridgehead atoms. The van der Waals surface area contributed by atoms with Crippen LogP contribution in [0.3, 0.4) is 0 Å². The number of aliphatic imine (C=N–C) groups is 1. The van der Waals surface area contributed by atoms with Crippen molar-refractivity contribution in [3.05, 3.63) is 29.8 Å². The maximum atomic E-state index is 11.9. The van der Waals surface area contributed by atoms with Gasteiger partial charge >= 0.3 is 0 Å². The number of carbonyl (C=O) groups excluding carboxylic acids is 1. The van der Waals surface area contributed by atoms with Gasteiger partial charge in [0.25, 0.3) is 5.91 Å². The molecule has 8 heteroatoms. The molecule has 2 heterocycles. The number of carbonyl (C=O) groups is 1.